The lowest BCUT2D eigenvalue weighted by molar-refractivity contribution is -0.137. The molecular weight excluding hydrogens is 383 g/mol. The van der Waals surface area contributed by atoms with Gasteiger partial charge in [0.05, 0.1) is 16.6 Å². The number of anilines is 1. The summed E-state index contributed by atoms with van der Waals surface area (Å²) >= 11 is 0. The summed E-state index contributed by atoms with van der Waals surface area (Å²) in [4.78, 5) is 27.8. The number of carbonyl (C=O) groups excluding carboxylic acids is 1. The van der Waals surface area contributed by atoms with Crippen molar-refractivity contribution in [3.8, 4) is 0 Å². The number of aryl methyl sites for hydroxylation is 1. The quantitative estimate of drug-likeness (QED) is 0.726. The zero-order valence-corrected chi connectivity index (χ0v) is 15.6. The normalized spacial score (nSPS) is 15.1. The van der Waals surface area contributed by atoms with Crippen LogP contribution in [-0.4, -0.2) is 51.9 Å². The van der Waals surface area contributed by atoms with E-state index >= 15 is 0 Å². The van der Waals surface area contributed by atoms with Gasteiger partial charge >= 0.3 is 6.18 Å². The molecule has 9 heteroatoms. The van der Waals surface area contributed by atoms with E-state index in [-0.39, 0.29) is 5.91 Å². The van der Waals surface area contributed by atoms with Crippen molar-refractivity contribution in [2.75, 3.05) is 31.1 Å². The first-order chi connectivity index (χ1) is 13.9. The van der Waals surface area contributed by atoms with Crippen LogP contribution in [0.2, 0.25) is 0 Å². The Morgan fingerprint density at radius 3 is 2.48 bits per heavy atom. The third-order valence-corrected chi connectivity index (χ3v) is 5.05. The van der Waals surface area contributed by atoms with Crippen molar-refractivity contribution in [2.45, 2.75) is 19.0 Å². The van der Waals surface area contributed by atoms with Crippen molar-refractivity contribution in [1.82, 2.24) is 19.9 Å². The van der Waals surface area contributed by atoms with E-state index in [0.717, 1.165) is 29.1 Å². The monoisotopic (exact) mass is 403 g/mol. The first kappa shape index (κ1) is 19.2. The maximum Gasteiger partial charge on any atom is 0.417 e. The second-order valence-corrected chi connectivity index (χ2v) is 6.97. The average Bonchev–Trinajstić information content (AvgIpc) is 3.15. The van der Waals surface area contributed by atoms with E-state index in [1.54, 1.807) is 4.90 Å². The van der Waals surface area contributed by atoms with Crippen molar-refractivity contribution in [2.24, 2.45) is 0 Å². The van der Waals surface area contributed by atoms with Crippen LogP contribution in [0.1, 0.15) is 17.8 Å². The maximum absolute atomic E-state index is 12.7. The van der Waals surface area contributed by atoms with Gasteiger partial charge in [0, 0.05) is 45.2 Å². The lowest BCUT2D eigenvalue weighted by atomic mass is 10.2. The number of aromatic nitrogens is 3. The zero-order chi connectivity index (χ0) is 20.4. The molecule has 1 aliphatic rings. The molecule has 3 aromatic rings. The Labute approximate surface area is 165 Å². The van der Waals surface area contributed by atoms with Crippen molar-refractivity contribution < 1.29 is 18.0 Å². The number of hydrogen-bond donors (Lipinski definition) is 1. The summed E-state index contributed by atoms with van der Waals surface area (Å²) in [5.74, 6) is 1.32. The van der Waals surface area contributed by atoms with Crippen LogP contribution in [0.4, 0.5) is 19.0 Å². The minimum Gasteiger partial charge on any atom is -0.353 e. The van der Waals surface area contributed by atoms with Crippen molar-refractivity contribution in [3.05, 3.63) is 54.0 Å². The molecule has 1 fully saturated rings. The summed E-state index contributed by atoms with van der Waals surface area (Å²) in [5, 5.41) is 0. The van der Waals surface area contributed by atoms with Crippen LogP contribution < -0.4 is 4.90 Å². The highest BCUT2D eigenvalue weighted by Crippen LogP contribution is 2.29. The van der Waals surface area contributed by atoms with Gasteiger partial charge in [-0.25, -0.2) is 9.97 Å². The van der Waals surface area contributed by atoms with Crippen LogP contribution in [0.5, 0.6) is 0 Å². The molecule has 1 N–H and O–H groups in total. The number of piperazine rings is 1. The van der Waals surface area contributed by atoms with Gasteiger partial charge in [0.2, 0.25) is 5.91 Å². The second-order valence-electron chi connectivity index (χ2n) is 6.97. The smallest absolute Gasteiger partial charge is 0.353 e. The molecule has 0 saturated carbocycles. The van der Waals surface area contributed by atoms with Crippen molar-refractivity contribution >= 4 is 22.8 Å². The minimum absolute atomic E-state index is 0.0467. The number of imidazole rings is 1. The minimum atomic E-state index is -4.39. The van der Waals surface area contributed by atoms with E-state index < -0.39 is 11.7 Å². The number of aromatic amines is 1. The highest BCUT2D eigenvalue weighted by Gasteiger charge is 2.31. The highest BCUT2D eigenvalue weighted by molar-refractivity contribution is 5.77. The van der Waals surface area contributed by atoms with E-state index in [1.807, 2.05) is 29.2 Å². The fourth-order valence-electron chi connectivity index (χ4n) is 3.43. The fraction of sp³-hybridized carbons (Fsp3) is 0.350. The predicted molar refractivity (Wildman–Crippen MR) is 102 cm³/mol. The number of fused-ring (bicyclic) bond motifs is 1. The first-order valence-electron chi connectivity index (χ1n) is 9.40. The van der Waals surface area contributed by atoms with Crippen LogP contribution in [-0.2, 0) is 17.4 Å². The topological polar surface area (TPSA) is 65.1 Å². The molecule has 1 amide bonds. The average molecular weight is 403 g/mol. The van der Waals surface area contributed by atoms with Gasteiger partial charge in [-0.05, 0) is 24.3 Å². The molecule has 6 nitrogen and oxygen atoms in total. The summed E-state index contributed by atoms with van der Waals surface area (Å²) in [7, 11) is 0. The van der Waals surface area contributed by atoms with E-state index in [4.69, 9.17) is 0 Å². The number of nitrogens with one attached hydrogen (secondary N) is 1. The zero-order valence-electron chi connectivity index (χ0n) is 15.6. The van der Waals surface area contributed by atoms with Gasteiger partial charge in [-0.2, -0.15) is 13.2 Å². The molecule has 0 bridgehead atoms. The lowest BCUT2D eigenvalue weighted by Gasteiger charge is -2.35. The number of H-pyrrole nitrogens is 1. The summed E-state index contributed by atoms with van der Waals surface area (Å²) in [6.45, 7) is 2.10. The van der Waals surface area contributed by atoms with E-state index in [1.165, 1.54) is 6.07 Å². The number of benzene rings is 1. The van der Waals surface area contributed by atoms with E-state index in [2.05, 4.69) is 15.0 Å². The Bertz CT molecular complexity index is 958. The number of nitrogens with zero attached hydrogens (tertiary/aromatic N) is 4. The van der Waals surface area contributed by atoms with Gasteiger partial charge in [-0.1, -0.05) is 12.1 Å². The Morgan fingerprint density at radius 2 is 1.83 bits per heavy atom. The molecule has 0 radical (unpaired) electrons. The number of rotatable bonds is 4. The molecule has 4 rings (SSSR count). The largest absolute Gasteiger partial charge is 0.417 e. The Balaban J connectivity index is 1.29. The van der Waals surface area contributed by atoms with Crippen LogP contribution >= 0.6 is 0 Å². The molecular formula is C20H20F3N5O. The number of pyridine rings is 1. The molecule has 1 aromatic carbocycles. The standard InChI is InChI=1S/C20H20F3N5O/c21-20(22,23)14-5-7-18(24-13-14)27-9-11-28(12-10-27)19(29)8-6-17-25-15-3-1-2-4-16(15)26-17/h1-5,7,13H,6,8-12H2,(H,25,26). The van der Waals surface area contributed by atoms with E-state index in [9.17, 15) is 18.0 Å². The Morgan fingerprint density at radius 1 is 1.07 bits per heavy atom. The van der Waals surface area contributed by atoms with Gasteiger partial charge in [0.15, 0.2) is 0 Å². The molecule has 3 heterocycles. The van der Waals surface area contributed by atoms with Crippen LogP contribution in [0.25, 0.3) is 11.0 Å². The molecule has 0 spiro atoms. The molecule has 0 unspecified atom stereocenters. The second kappa shape index (κ2) is 7.73. The number of halogens is 3. The summed E-state index contributed by atoms with van der Waals surface area (Å²) in [6.07, 6.45) is -2.65. The predicted octanol–water partition coefficient (Wildman–Crippen LogP) is 3.26. The number of para-hydroxylation sites is 2. The number of hydrogen-bond acceptors (Lipinski definition) is 4. The van der Waals surface area contributed by atoms with Gasteiger partial charge in [-0.3, -0.25) is 4.79 Å². The Kier molecular flexibility index (Phi) is 5.12. The van der Waals surface area contributed by atoms with Crippen LogP contribution in [0, 0.1) is 0 Å². The molecule has 0 aliphatic carbocycles. The Hall–Kier alpha value is -3.10. The summed E-state index contributed by atoms with van der Waals surface area (Å²) in [5.41, 5.74) is 1.07. The van der Waals surface area contributed by atoms with E-state index in [0.29, 0.717) is 44.8 Å². The van der Waals surface area contributed by atoms with Crippen LogP contribution in [0.15, 0.2) is 42.6 Å². The maximum atomic E-state index is 12.7. The number of amides is 1. The molecule has 0 atom stereocenters. The van der Waals surface area contributed by atoms with Crippen molar-refractivity contribution in [1.29, 1.82) is 0 Å². The molecule has 152 valence electrons. The highest BCUT2D eigenvalue weighted by atomic mass is 19.4. The van der Waals surface area contributed by atoms with Gasteiger partial charge in [0.25, 0.3) is 0 Å². The first-order valence-corrected chi connectivity index (χ1v) is 9.40. The number of carbonyl (C=O) groups is 1. The van der Waals surface area contributed by atoms with Crippen molar-refractivity contribution in [3.63, 3.8) is 0 Å². The van der Waals surface area contributed by atoms with Gasteiger partial charge < -0.3 is 14.8 Å². The van der Waals surface area contributed by atoms with Gasteiger partial charge in [-0.15, -0.1) is 0 Å². The molecule has 1 aliphatic heterocycles. The molecule has 29 heavy (non-hydrogen) atoms. The number of alkyl halides is 3. The SMILES string of the molecule is O=C(CCc1nc2ccccc2[nH]1)N1CCN(c2ccc(C(F)(F)F)cn2)CC1. The molecule has 1 saturated heterocycles. The lowest BCUT2D eigenvalue weighted by Crippen LogP contribution is -2.49. The molecule has 2 aromatic heterocycles. The summed E-state index contributed by atoms with van der Waals surface area (Å²) < 4.78 is 38.0. The van der Waals surface area contributed by atoms with Gasteiger partial charge in [0.1, 0.15) is 11.6 Å². The van der Waals surface area contributed by atoms with Crippen LogP contribution in [0.3, 0.4) is 0 Å². The third-order valence-electron chi connectivity index (χ3n) is 5.05. The summed E-state index contributed by atoms with van der Waals surface area (Å²) in [6, 6.07) is 10.1. The fourth-order valence-corrected chi connectivity index (χ4v) is 3.43. The third kappa shape index (κ3) is 4.33.